The average Bonchev–Trinajstić information content (AvgIpc) is 2.95. The molecule has 0 spiro atoms. The number of aryl methyl sites for hydroxylation is 2. The summed E-state index contributed by atoms with van der Waals surface area (Å²) in [6, 6.07) is 11.4. The highest BCUT2D eigenvalue weighted by Crippen LogP contribution is 2.34. The Bertz CT molecular complexity index is 955. The van der Waals surface area contributed by atoms with Gasteiger partial charge in [0.15, 0.2) is 11.5 Å². The zero-order valence-electron chi connectivity index (χ0n) is 16.2. The van der Waals surface area contributed by atoms with E-state index >= 15 is 0 Å². The minimum Gasteiger partial charge on any atom is -0.493 e. The largest absolute Gasteiger partial charge is 0.493 e. The molecule has 2 amide bonds. The summed E-state index contributed by atoms with van der Waals surface area (Å²) in [4.78, 5) is 26.6. The van der Waals surface area contributed by atoms with Gasteiger partial charge in [0, 0.05) is 5.69 Å². The van der Waals surface area contributed by atoms with Crippen molar-refractivity contribution in [3.8, 4) is 11.5 Å². The van der Waals surface area contributed by atoms with Crippen LogP contribution in [0, 0.1) is 13.8 Å². The monoisotopic (exact) mass is 398 g/mol. The second-order valence-corrected chi connectivity index (χ2v) is 7.37. The number of nitrogens with one attached hydrogen (secondary N) is 1. The Hall–Kier alpha value is -2.93. The Kier molecular flexibility index (Phi) is 5.94. The zero-order chi connectivity index (χ0) is 20.3. The Labute approximate surface area is 168 Å². The fraction of sp³-hybridized carbons (Fsp3) is 0.238. The van der Waals surface area contributed by atoms with E-state index < -0.39 is 0 Å². The molecule has 0 aromatic heterocycles. The topological polar surface area (TPSA) is 67.9 Å². The molecule has 2 aromatic rings. The summed E-state index contributed by atoms with van der Waals surface area (Å²) in [6.45, 7) is 4.10. The fourth-order valence-electron chi connectivity index (χ4n) is 2.82. The van der Waals surface area contributed by atoms with Gasteiger partial charge in [-0.1, -0.05) is 18.2 Å². The van der Waals surface area contributed by atoms with Crippen LogP contribution in [0.5, 0.6) is 11.5 Å². The molecule has 0 aliphatic carbocycles. The third kappa shape index (κ3) is 4.14. The van der Waals surface area contributed by atoms with E-state index in [0.29, 0.717) is 16.4 Å². The molecule has 1 fully saturated rings. The predicted molar refractivity (Wildman–Crippen MR) is 112 cm³/mol. The van der Waals surface area contributed by atoms with Crippen LogP contribution in [0.1, 0.15) is 16.7 Å². The highest BCUT2D eigenvalue weighted by Gasteiger charge is 2.34. The first kappa shape index (κ1) is 19.8. The first-order chi connectivity index (χ1) is 13.4. The number of carbonyl (C=O) groups excluding carboxylic acids is 2. The van der Waals surface area contributed by atoms with E-state index in [2.05, 4.69) is 5.32 Å². The summed E-state index contributed by atoms with van der Waals surface area (Å²) in [7, 11) is 3.11. The van der Waals surface area contributed by atoms with E-state index in [1.165, 1.54) is 4.90 Å². The van der Waals surface area contributed by atoms with Crippen molar-refractivity contribution in [3.05, 3.63) is 58.0 Å². The van der Waals surface area contributed by atoms with Crippen LogP contribution in [-0.4, -0.2) is 36.9 Å². The van der Waals surface area contributed by atoms with Gasteiger partial charge in [0.2, 0.25) is 0 Å². The Morgan fingerprint density at radius 1 is 1.04 bits per heavy atom. The molecule has 1 saturated heterocycles. The van der Waals surface area contributed by atoms with Gasteiger partial charge in [-0.3, -0.25) is 14.5 Å². The van der Waals surface area contributed by atoms with Crippen molar-refractivity contribution < 1.29 is 19.1 Å². The maximum Gasteiger partial charge on any atom is 0.295 e. The minimum atomic E-state index is -0.317. The molecule has 1 N–H and O–H groups in total. The number of nitrogens with zero attached hydrogens (tertiary/aromatic N) is 1. The Morgan fingerprint density at radius 3 is 2.50 bits per heavy atom. The number of anilines is 1. The van der Waals surface area contributed by atoms with E-state index in [1.807, 2.05) is 38.1 Å². The van der Waals surface area contributed by atoms with Gasteiger partial charge in [-0.05, 0) is 66.6 Å². The molecule has 0 bridgehead atoms. The number of rotatable bonds is 6. The molecule has 0 saturated carbocycles. The number of benzene rings is 2. The first-order valence-corrected chi connectivity index (χ1v) is 9.53. The SMILES string of the molecule is COc1ccc(C=C2SC(=O)N(CNc3cc(C)ccc3C)C2=O)cc1OC. The molecule has 0 radical (unpaired) electrons. The van der Waals surface area contributed by atoms with E-state index in [0.717, 1.165) is 34.1 Å². The molecular formula is C21H22N2O4S. The molecule has 2 aromatic carbocycles. The molecule has 0 atom stereocenters. The van der Waals surface area contributed by atoms with Gasteiger partial charge < -0.3 is 14.8 Å². The number of ether oxygens (including phenoxy) is 2. The second kappa shape index (κ2) is 8.39. The summed E-state index contributed by atoms with van der Waals surface area (Å²) in [5, 5.41) is 2.88. The van der Waals surface area contributed by atoms with E-state index in [-0.39, 0.29) is 17.8 Å². The van der Waals surface area contributed by atoms with Gasteiger partial charge in [0.1, 0.15) is 0 Å². The smallest absolute Gasteiger partial charge is 0.295 e. The lowest BCUT2D eigenvalue weighted by atomic mass is 10.1. The van der Waals surface area contributed by atoms with Gasteiger partial charge in [0.25, 0.3) is 11.1 Å². The van der Waals surface area contributed by atoms with Crippen LogP contribution in [0.25, 0.3) is 6.08 Å². The lowest BCUT2D eigenvalue weighted by Gasteiger charge is -2.16. The number of hydrogen-bond acceptors (Lipinski definition) is 6. The van der Waals surface area contributed by atoms with Crippen molar-refractivity contribution in [1.82, 2.24) is 4.90 Å². The molecule has 1 heterocycles. The van der Waals surface area contributed by atoms with Crippen molar-refractivity contribution in [2.75, 3.05) is 26.2 Å². The van der Waals surface area contributed by atoms with Crippen LogP contribution >= 0.6 is 11.8 Å². The lowest BCUT2D eigenvalue weighted by Crippen LogP contribution is -2.33. The Morgan fingerprint density at radius 2 is 1.79 bits per heavy atom. The highest BCUT2D eigenvalue weighted by molar-refractivity contribution is 8.18. The van der Waals surface area contributed by atoms with Crippen LogP contribution in [0.2, 0.25) is 0 Å². The lowest BCUT2D eigenvalue weighted by molar-refractivity contribution is -0.122. The van der Waals surface area contributed by atoms with Crippen LogP contribution in [0.4, 0.5) is 10.5 Å². The number of amides is 2. The van der Waals surface area contributed by atoms with Gasteiger partial charge in [-0.15, -0.1) is 0 Å². The molecule has 146 valence electrons. The summed E-state index contributed by atoms with van der Waals surface area (Å²) >= 11 is 0.929. The first-order valence-electron chi connectivity index (χ1n) is 8.71. The summed E-state index contributed by atoms with van der Waals surface area (Å²) in [5.74, 6) is 0.847. The molecule has 3 rings (SSSR count). The number of thioether (sulfide) groups is 1. The number of hydrogen-bond donors (Lipinski definition) is 1. The molecule has 1 aliphatic heterocycles. The normalized spacial score (nSPS) is 15.3. The van der Waals surface area contributed by atoms with Crippen LogP contribution in [-0.2, 0) is 4.79 Å². The fourth-order valence-corrected chi connectivity index (χ4v) is 3.66. The van der Waals surface area contributed by atoms with Crippen molar-refractivity contribution in [1.29, 1.82) is 0 Å². The third-order valence-electron chi connectivity index (χ3n) is 4.40. The maximum absolute atomic E-state index is 12.7. The molecule has 6 nitrogen and oxygen atoms in total. The molecule has 7 heteroatoms. The highest BCUT2D eigenvalue weighted by atomic mass is 32.2. The summed E-state index contributed by atoms with van der Waals surface area (Å²) < 4.78 is 10.5. The van der Waals surface area contributed by atoms with Crippen LogP contribution in [0.3, 0.4) is 0 Å². The Balaban J connectivity index is 1.76. The average molecular weight is 398 g/mol. The van der Waals surface area contributed by atoms with Crippen molar-refractivity contribution in [2.24, 2.45) is 0 Å². The number of imide groups is 1. The van der Waals surface area contributed by atoms with Gasteiger partial charge in [0.05, 0.1) is 25.8 Å². The van der Waals surface area contributed by atoms with E-state index in [1.54, 1.807) is 32.4 Å². The standard InChI is InChI=1S/C21H22N2O4S/c1-13-5-6-14(2)16(9-13)22-12-23-20(24)19(28-21(23)25)11-15-7-8-17(26-3)18(10-15)27-4/h5-11,22H,12H2,1-4H3. The molecular weight excluding hydrogens is 376 g/mol. The summed E-state index contributed by atoms with van der Waals surface area (Å²) in [5.41, 5.74) is 3.82. The van der Waals surface area contributed by atoms with Gasteiger partial charge in [-0.25, -0.2) is 0 Å². The van der Waals surface area contributed by atoms with Crippen molar-refractivity contribution >= 4 is 34.7 Å². The third-order valence-corrected chi connectivity index (χ3v) is 5.31. The van der Waals surface area contributed by atoms with E-state index in [9.17, 15) is 9.59 Å². The van der Waals surface area contributed by atoms with E-state index in [4.69, 9.17) is 9.47 Å². The van der Waals surface area contributed by atoms with Crippen molar-refractivity contribution in [3.63, 3.8) is 0 Å². The van der Waals surface area contributed by atoms with Gasteiger partial charge in [-0.2, -0.15) is 0 Å². The maximum atomic E-state index is 12.7. The van der Waals surface area contributed by atoms with Crippen LogP contribution < -0.4 is 14.8 Å². The predicted octanol–water partition coefficient (Wildman–Crippen LogP) is 4.43. The van der Waals surface area contributed by atoms with Gasteiger partial charge >= 0.3 is 0 Å². The van der Waals surface area contributed by atoms with Crippen LogP contribution in [0.15, 0.2) is 41.3 Å². The quantitative estimate of drug-likeness (QED) is 0.726. The zero-order valence-corrected chi connectivity index (χ0v) is 17.1. The molecule has 28 heavy (non-hydrogen) atoms. The number of methoxy groups -OCH3 is 2. The molecule has 0 unspecified atom stereocenters. The number of carbonyl (C=O) groups is 2. The summed E-state index contributed by atoms with van der Waals surface area (Å²) in [6.07, 6.45) is 1.69. The molecule has 1 aliphatic rings. The minimum absolute atomic E-state index is 0.123. The van der Waals surface area contributed by atoms with Crippen molar-refractivity contribution in [2.45, 2.75) is 13.8 Å². The second-order valence-electron chi connectivity index (χ2n) is 6.38.